The second-order valence-corrected chi connectivity index (χ2v) is 8.89. The molecule has 7 nitrogen and oxygen atoms in total. The third kappa shape index (κ3) is 5.01. The summed E-state index contributed by atoms with van der Waals surface area (Å²) >= 11 is 0. The lowest BCUT2D eigenvalue weighted by atomic mass is 10.1. The van der Waals surface area contributed by atoms with Gasteiger partial charge in [-0.25, -0.2) is 8.42 Å². The number of nitrogens with one attached hydrogen (secondary N) is 1. The Balaban J connectivity index is 1.55. The SMILES string of the molecule is C[C@H](NC(=O)CN1CCN(S(=O)(=O)c2ccccc2C#N)CC1)c1ccccc1. The van der Waals surface area contributed by atoms with Crippen LogP contribution in [0.25, 0.3) is 0 Å². The summed E-state index contributed by atoms with van der Waals surface area (Å²) in [5.41, 5.74) is 1.18. The number of amides is 1. The van der Waals surface area contributed by atoms with Crippen molar-refractivity contribution in [2.45, 2.75) is 17.9 Å². The van der Waals surface area contributed by atoms with Crippen LogP contribution in [0.3, 0.4) is 0 Å². The van der Waals surface area contributed by atoms with Crippen LogP contribution in [0.2, 0.25) is 0 Å². The largest absolute Gasteiger partial charge is 0.348 e. The maximum absolute atomic E-state index is 12.9. The molecule has 0 radical (unpaired) electrons. The molecule has 0 spiro atoms. The maximum atomic E-state index is 12.9. The second-order valence-electron chi connectivity index (χ2n) is 6.99. The van der Waals surface area contributed by atoms with Crippen LogP contribution in [-0.4, -0.2) is 56.3 Å². The van der Waals surface area contributed by atoms with Gasteiger partial charge in [-0.15, -0.1) is 0 Å². The number of carbonyl (C=O) groups excluding carboxylic acids is 1. The van der Waals surface area contributed by atoms with Gasteiger partial charge >= 0.3 is 0 Å². The molecule has 1 aliphatic rings. The van der Waals surface area contributed by atoms with E-state index in [1.54, 1.807) is 12.1 Å². The highest BCUT2D eigenvalue weighted by Gasteiger charge is 2.30. The summed E-state index contributed by atoms with van der Waals surface area (Å²) < 4.78 is 27.1. The zero-order valence-corrected chi connectivity index (χ0v) is 17.1. The van der Waals surface area contributed by atoms with Crippen LogP contribution < -0.4 is 5.32 Å². The second kappa shape index (κ2) is 9.18. The summed E-state index contributed by atoms with van der Waals surface area (Å²) in [5, 5.41) is 12.2. The van der Waals surface area contributed by atoms with E-state index < -0.39 is 10.0 Å². The van der Waals surface area contributed by atoms with Crippen LogP contribution in [0.1, 0.15) is 24.1 Å². The lowest BCUT2D eigenvalue weighted by Crippen LogP contribution is -2.51. The van der Waals surface area contributed by atoms with Gasteiger partial charge in [0, 0.05) is 26.2 Å². The van der Waals surface area contributed by atoms with E-state index in [9.17, 15) is 18.5 Å². The van der Waals surface area contributed by atoms with E-state index in [2.05, 4.69) is 5.32 Å². The molecular weight excluding hydrogens is 388 g/mol. The minimum atomic E-state index is -3.73. The van der Waals surface area contributed by atoms with Crippen molar-refractivity contribution in [1.82, 2.24) is 14.5 Å². The van der Waals surface area contributed by atoms with Crippen molar-refractivity contribution >= 4 is 15.9 Å². The molecule has 0 bridgehead atoms. The summed E-state index contributed by atoms with van der Waals surface area (Å²) in [6, 6.07) is 17.8. The van der Waals surface area contributed by atoms with Crippen LogP contribution >= 0.6 is 0 Å². The molecule has 0 aliphatic carbocycles. The number of carbonyl (C=O) groups is 1. The molecule has 1 fully saturated rings. The molecule has 152 valence electrons. The predicted molar refractivity (Wildman–Crippen MR) is 109 cm³/mol. The third-order valence-corrected chi connectivity index (χ3v) is 6.96. The van der Waals surface area contributed by atoms with Crippen molar-refractivity contribution < 1.29 is 13.2 Å². The van der Waals surface area contributed by atoms with E-state index in [4.69, 9.17) is 0 Å². The van der Waals surface area contributed by atoms with Gasteiger partial charge in [0.05, 0.1) is 23.0 Å². The van der Waals surface area contributed by atoms with E-state index in [-0.39, 0.29) is 42.0 Å². The highest BCUT2D eigenvalue weighted by Crippen LogP contribution is 2.21. The van der Waals surface area contributed by atoms with Gasteiger partial charge in [-0.05, 0) is 24.6 Å². The summed E-state index contributed by atoms with van der Waals surface area (Å²) in [7, 11) is -3.73. The van der Waals surface area contributed by atoms with Crippen molar-refractivity contribution in [2.75, 3.05) is 32.7 Å². The van der Waals surface area contributed by atoms with Crippen LogP contribution in [0, 0.1) is 11.3 Å². The summed E-state index contributed by atoms with van der Waals surface area (Å²) in [6.45, 7) is 3.64. The molecule has 2 aromatic carbocycles. The van der Waals surface area contributed by atoms with Gasteiger partial charge in [-0.1, -0.05) is 42.5 Å². The normalized spacial score (nSPS) is 16.7. The number of hydrogen-bond acceptors (Lipinski definition) is 5. The Kier molecular flexibility index (Phi) is 6.64. The highest BCUT2D eigenvalue weighted by atomic mass is 32.2. The number of hydrogen-bond donors (Lipinski definition) is 1. The summed E-state index contributed by atoms with van der Waals surface area (Å²) in [5.74, 6) is -0.0903. The van der Waals surface area contributed by atoms with Crippen molar-refractivity contribution in [1.29, 1.82) is 5.26 Å². The zero-order valence-electron chi connectivity index (χ0n) is 16.3. The fourth-order valence-corrected chi connectivity index (χ4v) is 4.93. The van der Waals surface area contributed by atoms with Gasteiger partial charge in [0.15, 0.2) is 0 Å². The Bertz CT molecular complexity index is 994. The molecule has 29 heavy (non-hydrogen) atoms. The Morgan fingerprint density at radius 2 is 1.69 bits per heavy atom. The smallest absolute Gasteiger partial charge is 0.244 e. The topological polar surface area (TPSA) is 93.5 Å². The van der Waals surface area contributed by atoms with Crippen molar-refractivity contribution in [3.05, 3.63) is 65.7 Å². The lowest BCUT2D eigenvalue weighted by molar-refractivity contribution is -0.123. The monoisotopic (exact) mass is 412 g/mol. The first-order valence-electron chi connectivity index (χ1n) is 9.48. The molecule has 0 unspecified atom stereocenters. The van der Waals surface area contributed by atoms with Gasteiger partial charge in [0.25, 0.3) is 0 Å². The van der Waals surface area contributed by atoms with Gasteiger partial charge in [-0.3, -0.25) is 9.69 Å². The van der Waals surface area contributed by atoms with Crippen LogP contribution in [0.4, 0.5) is 0 Å². The van der Waals surface area contributed by atoms with E-state index in [1.807, 2.05) is 48.2 Å². The van der Waals surface area contributed by atoms with Crippen LogP contribution in [-0.2, 0) is 14.8 Å². The standard InChI is InChI=1S/C21H24N4O3S/c1-17(18-7-3-2-4-8-18)23-21(26)16-24-11-13-25(14-12-24)29(27,28)20-10-6-5-9-19(20)15-22/h2-10,17H,11-14,16H2,1H3,(H,23,26)/t17-/m0/s1. The van der Waals surface area contributed by atoms with E-state index >= 15 is 0 Å². The molecule has 1 heterocycles. The summed E-state index contributed by atoms with van der Waals surface area (Å²) in [6.07, 6.45) is 0. The number of benzene rings is 2. The fourth-order valence-electron chi connectivity index (χ4n) is 3.37. The minimum Gasteiger partial charge on any atom is -0.348 e. The third-order valence-electron chi connectivity index (χ3n) is 5.00. The number of nitrogens with zero attached hydrogens (tertiary/aromatic N) is 3. The Morgan fingerprint density at radius 3 is 2.34 bits per heavy atom. The number of rotatable bonds is 6. The molecule has 0 saturated carbocycles. The quantitative estimate of drug-likeness (QED) is 0.780. The maximum Gasteiger partial charge on any atom is 0.244 e. The molecule has 2 aromatic rings. The minimum absolute atomic E-state index is 0.0328. The average Bonchev–Trinajstić information content (AvgIpc) is 2.74. The lowest BCUT2D eigenvalue weighted by Gasteiger charge is -2.33. The average molecular weight is 413 g/mol. The molecule has 3 rings (SSSR count). The Hall–Kier alpha value is -2.73. The highest BCUT2D eigenvalue weighted by molar-refractivity contribution is 7.89. The van der Waals surface area contributed by atoms with Gasteiger partial charge in [-0.2, -0.15) is 9.57 Å². The first-order chi connectivity index (χ1) is 13.9. The Labute approximate surface area is 171 Å². The first kappa shape index (κ1) is 21.0. The van der Waals surface area contributed by atoms with Gasteiger partial charge in [0.1, 0.15) is 6.07 Å². The molecule has 1 saturated heterocycles. The molecule has 1 aliphatic heterocycles. The molecule has 0 aromatic heterocycles. The summed E-state index contributed by atoms with van der Waals surface area (Å²) in [4.78, 5) is 14.3. The van der Waals surface area contributed by atoms with Gasteiger partial charge in [0.2, 0.25) is 15.9 Å². The van der Waals surface area contributed by atoms with Crippen molar-refractivity contribution in [2.24, 2.45) is 0 Å². The van der Waals surface area contributed by atoms with E-state index in [0.29, 0.717) is 13.1 Å². The molecule has 1 N–H and O–H groups in total. The van der Waals surface area contributed by atoms with Crippen LogP contribution in [0.15, 0.2) is 59.5 Å². The van der Waals surface area contributed by atoms with Crippen molar-refractivity contribution in [3.8, 4) is 6.07 Å². The van der Waals surface area contributed by atoms with E-state index in [0.717, 1.165) is 5.56 Å². The van der Waals surface area contributed by atoms with Gasteiger partial charge < -0.3 is 5.32 Å². The van der Waals surface area contributed by atoms with E-state index in [1.165, 1.54) is 16.4 Å². The number of nitriles is 1. The fraction of sp³-hybridized carbons (Fsp3) is 0.333. The Morgan fingerprint density at radius 1 is 1.07 bits per heavy atom. The molecule has 8 heteroatoms. The van der Waals surface area contributed by atoms with Crippen LogP contribution in [0.5, 0.6) is 0 Å². The van der Waals surface area contributed by atoms with Crippen molar-refractivity contribution in [3.63, 3.8) is 0 Å². The predicted octanol–water partition coefficient (Wildman–Crippen LogP) is 1.74. The zero-order chi connectivity index (χ0) is 20.9. The molecule has 1 atom stereocenters. The number of sulfonamides is 1. The molecular formula is C21H24N4O3S. The number of piperazine rings is 1. The molecule has 1 amide bonds. The first-order valence-corrected chi connectivity index (χ1v) is 10.9.